The molecule has 0 aromatic carbocycles. The molecule has 4 heteroatoms. The van der Waals surface area contributed by atoms with Crippen molar-refractivity contribution in [3.63, 3.8) is 0 Å². The summed E-state index contributed by atoms with van der Waals surface area (Å²) in [5, 5.41) is 1.38. The van der Waals surface area contributed by atoms with E-state index in [4.69, 9.17) is 11.6 Å². The average molecular weight is 211 g/mol. The van der Waals surface area contributed by atoms with Crippen molar-refractivity contribution in [1.29, 1.82) is 0 Å². The van der Waals surface area contributed by atoms with Crippen LogP contribution in [0.2, 0.25) is 0 Å². The predicted octanol–water partition coefficient (Wildman–Crippen LogP) is 1.13. The fraction of sp³-hybridized carbons (Fsp3) is 0.727. The van der Waals surface area contributed by atoms with E-state index in [1.165, 1.54) is 31.2 Å². The number of allylic oxidation sites excluding steroid dienone is 1. The van der Waals surface area contributed by atoms with E-state index in [9.17, 15) is 4.79 Å². The van der Waals surface area contributed by atoms with Crippen molar-refractivity contribution >= 4 is 5.78 Å². The van der Waals surface area contributed by atoms with Crippen LogP contribution in [-0.4, -0.2) is 17.3 Å². The van der Waals surface area contributed by atoms with Crippen LogP contribution in [0.4, 0.5) is 0 Å². The van der Waals surface area contributed by atoms with E-state index in [-0.39, 0.29) is 12.3 Å². The molecule has 1 fully saturated rings. The Labute approximate surface area is 91.3 Å². The van der Waals surface area contributed by atoms with Gasteiger partial charge < -0.3 is 10.7 Å². The lowest BCUT2D eigenvalue weighted by molar-refractivity contribution is -0.117. The Morgan fingerprint density at radius 3 is 2.53 bits per heavy atom. The van der Waals surface area contributed by atoms with E-state index in [1.54, 1.807) is 6.20 Å². The summed E-state index contributed by atoms with van der Waals surface area (Å²) in [6.45, 7) is 1.75. The van der Waals surface area contributed by atoms with Gasteiger partial charge in [-0.3, -0.25) is 4.79 Å². The summed E-state index contributed by atoms with van der Waals surface area (Å²) in [7, 11) is 0. The summed E-state index contributed by atoms with van der Waals surface area (Å²) < 4.78 is 0. The molecule has 15 heavy (non-hydrogen) atoms. The zero-order valence-electron chi connectivity index (χ0n) is 9.41. The van der Waals surface area contributed by atoms with Crippen LogP contribution in [0.3, 0.4) is 0 Å². The maximum absolute atomic E-state index is 10.8. The average Bonchev–Trinajstić information content (AvgIpc) is 2.17. The number of hydrazine groups is 1. The van der Waals surface area contributed by atoms with Gasteiger partial charge in [0.1, 0.15) is 0 Å². The third-order valence-electron chi connectivity index (χ3n) is 2.80. The normalized spacial score (nSPS) is 18.9. The molecule has 4 nitrogen and oxygen atoms in total. The molecule has 0 aromatic rings. The molecule has 1 rings (SSSR count). The van der Waals surface area contributed by atoms with Crippen molar-refractivity contribution in [2.45, 2.75) is 39.0 Å². The van der Waals surface area contributed by atoms with E-state index in [0.29, 0.717) is 5.92 Å². The second kappa shape index (κ2) is 5.75. The highest BCUT2D eigenvalue weighted by molar-refractivity contribution is 5.77. The standard InChI is InChI=1S/C11H21N3O/c1-9(15)7-14(13)8-11(12)10-5-3-2-4-6-10/h8,10H,2-7,12-13H2,1H3/b11-8-. The maximum atomic E-state index is 10.8. The molecule has 1 saturated carbocycles. The van der Waals surface area contributed by atoms with Crippen molar-refractivity contribution in [2.75, 3.05) is 6.54 Å². The molecule has 0 bridgehead atoms. The fourth-order valence-corrected chi connectivity index (χ4v) is 2.04. The molecule has 0 amide bonds. The van der Waals surface area contributed by atoms with Crippen LogP contribution >= 0.6 is 0 Å². The summed E-state index contributed by atoms with van der Waals surface area (Å²) in [6.07, 6.45) is 7.81. The summed E-state index contributed by atoms with van der Waals surface area (Å²) in [4.78, 5) is 10.8. The predicted molar refractivity (Wildman–Crippen MR) is 60.4 cm³/mol. The molecule has 86 valence electrons. The van der Waals surface area contributed by atoms with Gasteiger partial charge in [0.05, 0.1) is 6.54 Å². The molecule has 0 saturated heterocycles. The van der Waals surface area contributed by atoms with Gasteiger partial charge in [0, 0.05) is 11.9 Å². The van der Waals surface area contributed by atoms with Crippen molar-refractivity contribution in [3.05, 3.63) is 11.9 Å². The zero-order valence-corrected chi connectivity index (χ0v) is 9.41. The van der Waals surface area contributed by atoms with Crippen LogP contribution in [0.5, 0.6) is 0 Å². The molecular weight excluding hydrogens is 190 g/mol. The van der Waals surface area contributed by atoms with Crippen LogP contribution in [0.1, 0.15) is 39.0 Å². The van der Waals surface area contributed by atoms with Crippen LogP contribution in [0.25, 0.3) is 0 Å². The molecule has 0 radical (unpaired) electrons. The summed E-state index contributed by atoms with van der Waals surface area (Å²) >= 11 is 0. The minimum atomic E-state index is 0.0465. The van der Waals surface area contributed by atoms with E-state index in [2.05, 4.69) is 0 Å². The Balaban J connectivity index is 2.45. The van der Waals surface area contributed by atoms with Gasteiger partial charge in [-0.05, 0) is 25.7 Å². The quantitative estimate of drug-likeness (QED) is 0.540. The number of carbonyl (C=O) groups excluding carboxylic acids is 1. The molecule has 0 spiro atoms. The van der Waals surface area contributed by atoms with Crippen LogP contribution in [0.15, 0.2) is 11.9 Å². The lowest BCUT2D eigenvalue weighted by Crippen LogP contribution is -2.32. The first-order valence-electron chi connectivity index (χ1n) is 5.57. The number of hydrogen-bond acceptors (Lipinski definition) is 4. The van der Waals surface area contributed by atoms with Crippen LogP contribution in [0, 0.1) is 5.92 Å². The number of rotatable bonds is 4. The van der Waals surface area contributed by atoms with Gasteiger partial charge in [0.25, 0.3) is 0 Å². The first-order valence-corrected chi connectivity index (χ1v) is 5.57. The lowest BCUT2D eigenvalue weighted by atomic mass is 9.87. The van der Waals surface area contributed by atoms with Crippen molar-refractivity contribution in [3.8, 4) is 0 Å². The molecule has 0 aromatic heterocycles. The van der Waals surface area contributed by atoms with E-state index in [0.717, 1.165) is 18.5 Å². The third-order valence-corrected chi connectivity index (χ3v) is 2.80. The Hall–Kier alpha value is -1.03. The third kappa shape index (κ3) is 4.34. The number of carbonyl (C=O) groups is 1. The van der Waals surface area contributed by atoms with Gasteiger partial charge in [0.2, 0.25) is 0 Å². The van der Waals surface area contributed by atoms with Gasteiger partial charge in [-0.15, -0.1) is 0 Å². The topological polar surface area (TPSA) is 72.3 Å². The highest BCUT2D eigenvalue weighted by Crippen LogP contribution is 2.27. The highest BCUT2D eigenvalue weighted by Gasteiger charge is 2.16. The Bertz CT molecular complexity index is 244. The van der Waals surface area contributed by atoms with Crippen molar-refractivity contribution < 1.29 is 4.79 Å². The number of nitrogens with two attached hydrogens (primary N) is 2. The van der Waals surface area contributed by atoms with Gasteiger partial charge in [0.15, 0.2) is 5.78 Å². The second-order valence-electron chi connectivity index (χ2n) is 4.34. The van der Waals surface area contributed by atoms with Crippen LogP contribution in [-0.2, 0) is 4.79 Å². The highest BCUT2D eigenvalue weighted by atomic mass is 16.1. The molecule has 4 N–H and O–H groups in total. The van der Waals surface area contributed by atoms with E-state index >= 15 is 0 Å². The van der Waals surface area contributed by atoms with Gasteiger partial charge >= 0.3 is 0 Å². The molecule has 0 heterocycles. The summed E-state index contributed by atoms with van der Waals surface area (Å²) in [6, 6.07) is 0. The Morgan fingerprint density at radius 2 is 2.00 bits per heavy atom. The molecule has 0 unspecified atom stereocenters. The van der Waals surface area contributed by atoms with Gasteiger partial charge in [-0.1, -0.05) is 19.3 Å². The second-order valence-corrected chi connectivity index (χ2v) is 4.34. The maximum Gasteiger partial charge on any atom is 0.150 e. The lowest BCUT2D eigenvalue weighted by Gasteiger charge is -2.23. The molecule has 1 aliphatic carbocycles. The van der Waals surface area contributed by atoms with E-state index in [1.807, 2.05) is 0 Å². The SMILES string of the molecule is CC(=O)CN(N)/C=C(\N)C1CCCCC1. The first kappa shape index (κ1) is 12.0. The largest absolute Gasteiger partial charge is 0.401 e. The van der Waals surface area contributed by atoms with Crippen molar-refractivity contribution in [1.82, 2.24) is 5.01 Å². The molecular formula is C11H21N3O. The minimum Gasteiger partial charge on any atom is -0.401 e. The Kier molecular flexibility index (Phi) is 4.62. The van der Waals surface area contributed by atoms with E-state index < -0.39 is 0 Å². The number of nitrogens with zero attached hydrogens (tertiary/aromatic N) is 1. The smallest absolute Gasteiger partial charge is 0.150 e. The summed E-state index contributed by atoms with van der Waals surface area (Å²) in [5.74, 6) is 6.14. The Morgan fingerprint density at radius 1 is 1.40 bits per heavy atom. The molecule has 0 aliphatic heterocycles. The minimum absolute atomic E-state index is 0.0465. The fourth-order valence-electron chi connectivity index (χ4n) is 2.04. The van der Waals surface area contributed by atoms with Gasteiger partial charge in [-0.25, -0.2) is 5.84 Å². The number of Topliss-reactive ketones (excluding diaryl/α,β-unsaturated/α-hetero) is 1. The zero-order chi connectivity index (χ0) is 11.3. The first-order chi connectivity index (χ1) is 7.09. The summed E-state index contributed by atoms with van der Waals surface area (Å²) in [5.41, 5.74) is 6.77. The number of ketones is 1. The van der Waals surface area contributed by atoms with Crippen LogP contribution < -0.4 is 11.6 Å². The molecule has 0 atom stereocenters. The molecule has 1 aliphatic rings. The van der Waals surface area contributed by atoms with Gasteiger partial charge in [-0.2, -0.15) is 0 Å². The number of hydrogen-bond donors (Lipinski definition) is 2. The monoisotopic (exact) mass is 211 g/mol. The van der Waals surface area contributed by atoms with Crippen molar-refractivity contribution in [2.24, 2.45) is 17.5 Å².